The largest absolute Gasteiger partial charge is 0.492 e. The zero-order valence-electron chi connectivity index (χ0n) is 11.8. The summed E-state index contributed by atoms with van der Waals surface area (Å²) in [5, 5.41) is 3.69. The maximum atomic E-state index is 11.9. The second-order valence-corrected chi connectivity index (χ2v) is 5.59. The molecule has 4 nitrogen and oxygen atoms in total. The molecule has 0 aliphatic heterocycles. The van der Waals surface area contributed by atoms with Crippen LogP contribution >= 0.6 is 11.6 Å². The molecule has 1 aromatic carbocycles. The average molecular weight is 297 g/mol. The summed E-state index contributed by atoms with van der Waals surface area (Å²) in [5.74, 6) is 0.724. The van der Waals surface area contributed by atoms with Gasteiger partial charge in [-0.2, -0.15) is 0 Å². The molecule has 1 aliphatic carbocycles. The fourth-order valence-electron chi connectivity index (χ4n) is 2.31. The minimum atomic E-state index is -0.0217. The summed E-state index contributed by atoms with van der Waals surface area (Å²) in [4.78, 5) is 13.6. The Hall–Kier alpha value is -1.42. The Balaban J connectivity index is 1.68. The van der Waals surface area contributed by atoms with Crippen LogP contribution in [0.25, 0.3) is 0 Å². The second-order valence-electron chi connectivity index (χ2n) is 5.16. The van der Waals surface area contributed by atoms with E-state index >= 15 is 0 Å². The van der Waals surface area contributed by atoms with Crippen molar-refractivity contribution >= 4 is 17.6 Å². The molecule has 110 valence electrons. The summed E-state index contributed by atoms with van der Waals surface area (Å²) in [6.07, 6.45) is 4.62. The number of carbonyl (C=O) groups excluding carboxylic acids is 1. The lowest BCUT2D eigenvalue weighted by Crippen LogP contribution is -2.43. The van der Waals surface area contributed by atoms with Crippen molar-refractivity contribution in [2.45, 2.75) is 31.7 Å². The van der Waals surface area contributed by atoms with E-state index in [-0.39, 0.29) is 6.03 Å². The number of halogens is 1. The second kappa shape index (κ2) is 7.39. The lowest BCUT2D eigenvalue weighted by molar-refractivity contribution is 0.192. The fraction of sp³-hybridized carbons (Fsp3) is 0.533. The summed E-state index contributed by atoms with van der Waals surface area (Å²) in [7, 11) is 1.78. The molecule has 0 atom stereocenters. The van der Waals surface area contributed by atoms with Crippen molar-refractivity contribution in [2.24, 2.45) is 0 Å². The zero-order valence-corrected chi connectivity index (χ0v) is 12.5. The van der Waals surface area contributed by atoms with E-state index in [4.69, 9.17) is 16.3 Å². The fourth-order valence-corrected chi connectivity index (χ4v) is 2.49. The van der Waals surface area contributed by atoms with E-state index in [9.17, 15) is 4.79 Å². The molecule has 1 N–H and O–H groups in total. The van der Waals surface area contributed by atoms with E-state index in [0.717, 1.165) is 18.6 Å². The van der Waals surface area contributed by atoms with Gasteiger partial charge < -0.3 is 15.0 Å². The van der Waals surface area contributed by atoms with Gasteiger partial charge in [0.1, 0.15) is 12.4 Å². The van der Waals surface area contributed by atoms with Crippen molar-refractivity contribution in [3.63, 3.8) is 0 Å². The number of hydrogen-bond acceptors (Lipinski definition) is 2. The molecule has 2 amide bonds. The number of likely N-dealkylation sites (N-methyl/N-ethyl adjacent to an activating group) is 1. The van der Waals surface area contributed by atoms with Crippen LogP contribution in [0.3, 0.4) is 0 Å². The third-order valence-corrected chi connectivity index (χ3v) is 3.76. The topological polar surface area (TPSA) is 41.6 Å². The highest BCUT2D eigenvalue weighted by Gasteiger charge is 2.18. The van der Waals surface area contributed by atoms with E-state index in [1.807, 2.05) is 12.1 Å². The summed E-state index contributed by atoms with van der Waals surface area (Å²) < 4.78 is 5.57. The summed E-state index contributed by atoms with van der Waals surface area (Å²) in [6.45, 7) is 1.000. The molecule has 0 saturated heterocycles. The van der Waals surface area contributed by atoms with E-state index in [1.165, 1.54) is 12.8 Å². The quantitative estimate of drug-likeness (QED) is 0.906. The lowest BCUT2D eigenvalue weighted by atomic mass is 10.2. The number of hydrogen-bond donors (Lipinski definition) is 1. The molecule has 0 unspecified atom stereocenters. The molecule has 0 radical (unpaired) electrons. The van der Waals surface area contributed by atoms with Crippen LogP contribution in [0.4, 0.5) is 4.79 Å². The zero-order chi connectivity index (χ0) is 14.4. The molecule has 1 fully saturated rings. The SMILES string of the molecule is CN(CCOc1cccc(Cl)c1)C(=O)NC1CCCC1. The molecule has 0 heterocycles. The first kappa shape index (κ1) is 15.0. The first-order valence-electron chi connectivity index (χ1n) is 7.05. The highest BCUT2D eigenvalue weighted by atomic mass is 35.5. The van der Waals surface area contributed by atoms with Crippen molar-refractivity contribution in [3.05, 3.63) is 29.3 Å². The number of rotatable bonds is 5. The lowest BCUT2D eigenvalue weighted by Gasteiger charge is -2.21. The van der Waals surface area contributed by atoms with Crippen molar-refractivity contribution in [2.75, 3.05) is 20.2 Å². The standard InChI is InChI=1S/C15H21ClN2O2/c1-18(15(19)17-13-6-2-3-7-13)9-10-20-14-8-4-5-12(16)11-14/h4-5,8,11,13H,2-3,6-7,9-10H2,1H3,(H,17,19). The van der Waals surface area contributed by atoms with Crippen LogP contribution in [0.2, 0.25) is 5.02 Å². The van der Waals surface area contributed by atoms with Gasteiger partial charge in [0.2, 0.25) is 0 Å². The number of urea groups is 1. The van der Waals surface area contributed by atoms with Crippen LogP contribution in [0.15, 0.2) is 24.3 Å². The van der Waals surface area contributed by atoms with Crippen molar-refractivity contribution in [1.29, 1.82) is 0 Å². The normalized spacial score (nSPS) is 15.1. The van der Waals surface area contributed by atoms with Gasteiger partial charge in [0.25, 0.3) is 0 Å². The number of ether oxygens (including phenoxy) is 1. The van der Waals surface area contributed by atoms with Crippen LogP contribution in [-0.4, -0.2) is 37.2 Å². The Kier molecular flexibility index (Phi) is 5.53. The first-order valence-corrected chi connectivity index (χ1v) is 7.43. The van der Waals surface area contributed by atoms with Crippen LogP contribution in [-0.2, 0) is 0 Å². The van der Waals surface area contributed by atoms with Gasteiger partial charge >= 0.3 is 6.03 Å². The van der Waals surface area contributed by atoms with Gasteiger partial charge in [0.15, 0.2) is 0 Å². The van der Waals surface area contributed by atoms with Crippen LogP contribution < -0.4 is 10.1 Å². The molecular formula is C15H21ClN2O2. The molecule has 1 aromatic rings. The highest BCUT2D eigenvalue weighted by Crippen LogP contribution is 2.18. The highest BCUT2D eigenvalue weighted by molar-refractivity contribution is 6.30. The van der Waals surface area contributed by atoms with Gasteiger partial charge in [0, 0.05) is 18.1 Å². The van der Waals surface area contributed by atoms with Crippen LogP contribution in [0.1, 0.15) is 25.7 Å². The molecule has 5 heteroatoms. The molecule has 1 aliphatic rings. The van der Waals surface area contributed by atoms with Crippen LogP contribution in [0, 0.1) is 0 Å². The predicted octanol–water partition coefficient (Wildman–Crippen LogP) is 3.30. The molecule has 0 spiro atoms. The number of amides is 2. The predicted molar refractivity (Wildman–Crippen MR) is 80.4 cm³/mol. The van der Waals surface area contributed by atoms with E-state index in [2.05, 4.69) is 5.32 Å². The average Bonchev–Trinajstić information content (AvgIpc) is 2.91. The van der Waals surface area contributed by atoms with Gasteiger partial charge in [-0.25, -0.2) is 4.79 Å². The number of nitrogens with one attached hydrogen (secondary N) is 1. The Morgan fingerprint density at radius 2 is 2.20 bits per heavy atom. The number of benzene rings is 1. The van der Waals surface area contributed by atoms with E-state index < -0.39 is 0 Å². The van der Waals surface area contributed by atoms with Gasteiger partial charge in [-0.1, -0.05) is 30.5 Å². The Bertz CT molecular complexity index is 447. The van der Waals surface area contributed by atoms with Crippen molar-refractivity contribution < 1.29 is 9.53 Å². The number of carbonyl (C=O) groups is 1. The smallest absolute Gasteiger partial charge is 0.317 e. The molecule has 0 aromatic heterocycles. The van der Waals surface area contributed by atoms with Crippen molar-refractivity contribution in [1.82, 2.24) is 10.2 Å². The third kappa shape index (κ3) is 4.60. The van der Waals surface area contributed by atoms with Crippen LogP contribution in [0.5, 0.6) is 5.75 Å². The maximum absolute atomic E-state index is 11.9. The Morgan fingerprint density at radius 1 is 1.45 bits per heavy atom. The van der Waals surface area contributed by atoms with E-state index in [1.54, 1.807) is 24.1 Å². The summed E-state index contributed by atoms with van der Waals surface area (Å²) >= 11 is 5.88. The number of nitrogens with zero attached hydrogens (tertiary/aromatic N) is 1. The van der Waals surface area contributed by atoms with Crippen molar-refractivity contribution in [3.8, 4) is 5.75 Å². The molecular weight excluding hydrogens is 276 g/mol. The first-order chi connectivity index (χ1) is 9.65. The maximum Gasteiger partial charge on any atom is 0.317 e. The Labute approximate surface area is 125 Å². The molecule has 0 bridgehead atoms. The third-order valence-electron chi connectivity index (χ3n) is 3.52. The van der Waals surface area contributed by atoms with E-state index in [0.29, 0.717) is 24.2 Å². The molecule has 20 heavy (non-hydrogen) atoms. The van der Waals surface area contributed by atoms with Gasteiger partial charge in [-0.05, 0) is 31.0 Å². The summed E-state index contributed by atoms with van der Waals surface area (Å²) in [5.41, 5.74) is 0. The minimum absolute atomic E-state index is 0.0217. The molecule has 2 rings (SSSR count). The minimum Gasteiger partial charge on any atom is -0.492 e. The van der Waals surface area contributed by atoms with Gasteiger partial charge in [0.05, 0.1) is 6.54 Å². The Morgan fingerprint density at radius 3 is 2.90 bits per heavy atom. The van der Waals surface area contributed by atoms with Gasteiger partial charge in [-0.15, -0.1) is 0 Å². The van der Waals surface area contributed by atoms with Gasteiger partial charge in [-0.3, -0.25) is 0 Å². The monoisotopic (exact) mass is 296 g/mol. The molecule has 1 saturated carbocycles. The summed E-state index contributed by atoms with van der Waals surface area (Å²) in [6, 6.07) is 7.58.